The summed E-state index contributed by atoms with van der Waals surface area (Å²) in [6.45, 7) is 9.40. The van der Waals surface area contributed by atoms with Gasteiger partial charge in [0.15, 0.2) is 0 Å². The van der Waals surface area contributed by atoms with E-state index >= 15 is 0 Å². The molecule has 0 saturated heterocycles. The second-order valence-electron chi connectivity index (χ2n) is 4.94. The summed E-state index contributed by atoms with van der Waals surface area (Å²) in [5.74, 6) is 3.50. The Hall–Kier alpha value is 0.597. The predicted octanol–water partition coefficient (Wildman–Crippen LogP) is 0.923. The van der Waals surface area contributed by atoms with Crippen LogP contribution in [0.15, 0.2) is 0 Å². The van der Waals surface area contributed by atoms with E-state index in [1.54, 1.807) is 0 Å². The predicted molar refractivity (Wildman–Crippen MR) is 54.8 cm³/mol. The Balaban J connectivity index is 0.00000144. The molecule has 1 heteroatoms. The molecule has 13 heavy (non-hydrogen) atoms. The van der Waals surface area contributed by atoms with Crippen molar-refractivity contribution in [2.45, 2.75) is 47.0 Å². The number of hydrogen-bond donors (Lipinski definition) is 0. The van der Waals surface area contributed by atoms with Crippen LogP contribution in [0.25, 0.3) is 0 Å². The summed E-state index contributed by atoms with van der Waals surface area (Å²) in [6.07, 6.45) is 6.93. The number of rotatable bonds is 2. The van der Waals surface area contributed by atoms with E-state index in [9.17, 15) is 0 Å². The van der Waals surface area contributed by atoms with Gasteiger partial charge in [0.25, 0.3) is 0 Å². The van der Waals surface area contributed by atoms with Gasteiger partial charge in [-0.15, -0.1) is 0 Å². The van der Waals surface area contributed by atoms with Crippen molar-refractivity contribution in [2.75, 3.05) is 0 Å². The summed E-state index contributed by atoms with van der Waals surface area (Å²) >= 11 is 0. The summed E-state index contributed by atoms with van der Waals surface area (Å²) in [5.41, 5.74) is 0. The van der Waals surface area contributed by atoms with E-state index in [1.165, 1.54) is 19.3 Å². The standard InChI is InChI=1S/C12H23.Li/c1-9(2)11-6-5-7-12(8-11)10(3)4;/h8-12H,5-7H2,1-4H3;/q-1;+1. The van der Waals surface area contributed by atoms with Crippen molar-refractivity contribution in [3.8, 4) is 0 Å². The maximum absolute atomic E-state index is 2.62. The maximum atomic E-state index is 2.62. The van der Waals surface area contributed by atoms with Gasteiger partial charge in [-0.05, 0) is 0 Å². The molecule has 1 aliphatic rings. The van der Waals surface area contributed by atoms with Gasteiger partial charge in [0, 0.05) is 0 Å². The molecule has 0 aromatic carbocycles. The molecule has 72 valence electrons. The molecule has 0 heterocycles. The summed E-state index contributed by atoms with van der Waals surface area (Å²) < 4.78 is 0. The van der Waals surface area contributed by atoms with Crippen molar-refractivity contribution in [3.05, 3.63) is 6.42 Å². The van der Waals surface area contributed by atoms with Gasteiger partial charge in [0.2, 0.25) is 0 Å². The molecule has 1 saturated carbocycles. The monoisotopic (exact) mass is 174 g/mol. The van der Waals surface area contributed by atoms with Crippen LogP contribution >= 0.6 is 0 Å². The second-order valence-corrected chi connectivity index (χ2v) is 4.94. The third-order valence-electron chi connectivity index (χ3n) is 3.28. The smallest absolute Gasteiger partial charge is 0.322 e. The van der Waals surface area contributed by atoms with E-state index in [0.29, 0.717) is 0 Å². The van der Waals surface area contributed by atoms with Crippen LogP contribution in [0.4, 0.5) is 0 Å². The zero-order valence-corrected chi connectivity index (χ0v) is 10.0. The van der Waals surface area contributed by atoms with Crippen LogP contribution in [0.2, 0.25) is 0 Å². The van der Waals surface area contributed by atoms with Crippen molar-refractivity contribution in [2.24, 2.45) is 23.7 Å². The Morgan fingerprint density at radius 3 is 1.62 bits per heavy atom. The van der Waals surface area contributed by atoms with E-state index in [4.69, 9.17) is 0 Å². The van der Waals surface area contributed by atoms with Gasteiger partial charge in [-0.3, -0.25) is 0 Å². The molecule has 1 fully saturated rings. The molecule has 0 nitrogen and oxygen atoms in total. The first-order valence-electron chi connectivity index (χ1n) is 5.46. The molecule has 1 rings (SSSR count). The van der Waals surface area contributed by atoms with E-state index in [0.717, 1.165) is 23.7 Å². The topological polar surface area (TPSA) is 0 Å². The van der Waals surface area contributed by atoms with Crippen molar-refractivity contribution in [3.63, 3.8) is 0 Å². The Bertz CT molecular complexity index is 115. The minimum atomic E-state index is 0. The molecule has 2 unspecified atom stereocenters. The molecular formula is C12H23Li. The average Bonchev–Trinajstić information content (AvgIpc) is 2.04. The summed E-state index contributed by atoms with van der Waals surface area (Å²) in [6, 6.07) is 0. The van der Waals surface area contributed by atoms with Gasteiger partial charge >= 0.3 is 18.9 Å². The first-order valence-corrected chi connectivity index (χ1v) is 5.46. The van der Waals surface area contributed by atoms with Gasteiger partial charge in [0.1, 0.15) is 0 Å². The molecule has 0 bridgehead atoms. The van der Waals surface area contributed by atoms with Gasteiger partial charge in [0.05, 0.1) is 0 Å². The van der Waals surface area contributed by atoms with Crippen LogP contribution < -0.4 is 18.9 Å². The largest absolute Gasteiger partial charge is 1.00 e. The van der Waals surface area contributed by atoms with E-state index in [1.807, 2.05) is 0 Å². The van der Waals surface area contributed by atoms with Crippen molar-refractivity contribution >= 4 is 0 Å². The van der Waals surface area contributed by atoms with Crippen LogP contribution in [0.5, 0.6) is 0 Å². The average molecular weight is 174 g/mol. The first-order chi connectivity index (χ1) is 5.61. The Morgan fingerprint density at radius 2 is 1.31 bits per heavy atom. The minimum absolute atomic E-state index is 0. The van der Waals surface area contributed by atoms with Gasteiger partial charge in [-0.1, -0.05) is 58.8 Å². The zero-order valence-electron chi connectivity index (χ0n) is 10.0. The van der Waals surface area contributed by atoms with Crippen molar-refractivity contribution < 1.29 is 18.9 Å². The molecule has 2 atom stereocenters. The third kappa shape index (κ3) is 4.09. The second kappa shape index (κ2) is 6.15. The van der Waals surface area contributed by atoms with Crippen molar-refractivity contribution in [1.29, 1.82) is 0 Å². The summed E-state index contributed by atoms with van der Waals surface area (Å²) in [4.78, 5) is 0. The van der Waals surface area contributed by atoms with Crippen LogP contribution in [0, 0.1) is 30.1 Å². The van der Waals surface area contributed by atoms with Crippen LogP contribution in [0.3, 0.4) is 0 Å². The fourth-order valence-corrected chi connectivity index (χ4v) is 2.21. The van der Waals surface area contributed by atoms with E-state index in [2.05, 4.69) is 34.1 Å². The fraction of sp³-hybridized carbons (Fsp3) is 0.917. The molecule has 0 spiro atoms. The van der Waals surface area contributed by atoms with Crippen LogP contribution in [-0.4, -0.2) is 0 Å². The molecule has 0 N–H and O–H groups in total. The third-order valence-corrected chi connectivity index (χ3v) is 3.28. The Morgan fingerprint density at radius 1 is 0.923 bits per heavy atom. The van der Waals surface area contributed by atoms with E-state index in [-0.39, 0.29) is 18.9 Å². The zero-order chi connectivity index (χ0) is 9.14. The molecule has 1 aliphatic carbocycles. The Labute approximate surface area is 96.0 Å². The van der Waals surface area contributed by atoms with Crippen molar-refractivity contribution in [1.82, 2.24) is 0 Å². The molecule has 0 radical (unpaired) electrons. The summed E-state index contributed by atoms with van der Waals surface area (Å²) in [7, 11) is 0. The van der Waals surface area contributed by atoms with Crippen LogP contribution in [0.1, 0.15) is 47.0 Å². The molecule has 0 amide bonds. The molecule has 0 aromatic heterocycles. The Kier molecular flexibility index (Phi) is 6.43. The maximum Gasteiger partial charge on any atom is 1.00 e. The van der Waals surface area contributed by atoms with Gasteiger partial charge < -0.3 is 6.42 Å². The fourth-order valence-electron chi connectivity index (χ4n) is 2.21. The summed E-state index contributed by atoms with van der Waals surface area (Å²) in [5, 5.41) is 0. The minimum Gasteiger partial charge on any atom is -0.322 e. The number of hydrogen-bond acceptors (Lipinski definition) is 0. The molecular weight excluding hydrogens is 151 g/mol. The SMILES string of the molecule is CC(C)C1[CH-]C(C(C)C)CCC1.[Li+]. The van der Waals surface area contributed by atoms with E-state index < -0.39 is 0 Å². The van der Waals surface area contributed by atoms with Gasteiger partial charge in [-0.2, -0.15) is 11.8 Å². The normalized spacial score (nSPS) is 29.1. The first kappa shape index (κ1) is 13.6. The van der Waals surface area contributed by atoms with Gasteiger partial charge in [-0.25, -0.2) is 0 Å². The van der Waals surface area contributed by atoms with Crippen LogP contribution in [-0.2, 0) is 0 Å². The molecule has 0 aliphatic heterocycles. The quantitative estimate of drug-likeness (QED) is 0.431. The molecule has 0 aromatic rings.